The van der Waals surface area contributed by atoms with Crippen LogP contribution in [0.15, 0.2) is 24.3 Å². The number of amides is 1. The Balaban J connectivity index is 2.13. The third-order valence-electron chi connectivity index (χ3n) is 3.31. The fraction of sp³-hybridized carbons (Fsp3) is 0.462. The summed E-state index contributed by atoms with van der Waals surface area (Å²) in [6.45, 7) is -0.576. The van der Waals surface area contributed by atoms with E-state index in [1.165, 1.54) is 12.1 Å². The number of hydrogen-bond acceptors (Lipinski definition) is 3. The lowest BCUT2D eigenvalue weighted by atomic mass is 9.75. The van der Waals surface area contributed by atoms with Crippen molar-refractivity contribution in [3.05, 3.63) is 35.6 Å². The van der Waals surface area contributed by atoms with Gasteiger partial charge in [-0.05, 0) is 36.5 Å². The zero-order chi connectivity index (χ0) is 13.1. The number of aliphatic hydroxyl groups excluding tert-OH is 2. The van der Waals surface area contributed by atoms with Crippen molar-refractivity contribution in [2.24, 2.45) is 5.92 Å². The van der Waals surface area contributed by atoms with Crippen LogP contribution in [0.5, 0.6) is 0 Å². The second-order valence-corrected chi connectivity index (χ2v) is 4.64. The highest BCUT2D eigenvalue weighted by Gasteiger charge is 2.35. The Kier molecular flexibility index (Phi) is 3.93. The molecule has 1 aliphatic carbocycles. The maximum absolute atomic E-state index is 12.9. The van der Waals surface area contributed by atoms with E-state index >= 15 is 0 Å². The van der Waals surface area contributed by atoms with Crippen molar-refractivity contribution in [3.8, 4) is 0 Å². The molecule has 3 N–H and O–H groups in total. The molecule has 0 bridgehead atoms. The fourth-order valence-electron chi connectivity index (χ4n) is 2.26. The molecule has 1 aromatic rings. The summed E-state index contributed by atoms with van der Waals surface area (Å²) in [4.78, 5) is 11.3. The Hall–Kier alpha value is -1.46. The largest absolute Gasteiger partial charge is 0.393 e. The van der Waals surface area contributed by atoms with Crippen molar-refractivity contribution < 1.29 is 19.4 Å². The number of nitrogens with one attached hydrogen (secondary N) is 1. The third-order valence-corrected chi connectivity index (χ3v) is 3.31. The zero-order valence-electron chi connectivity index (χ0n) is 9.84. The van der Waals surface area contributed by atoms with E-state index < -0.39 is 12.5 Å². The van der Waals surface area contributed by atoms with E-state index in [1.54, 1.807) is 12.1 Å². The first-order valence-corrected chi connectivity index (χ1v) is 5.94. The normalized spacial score (nSPS) is 24.2. The lowest BCUT2D eigenvalue weighted by molar-refractivity contribution is -0.125. The van der Waals surface area contributed by atoms with Gasteiger partial charge < -0.3 is 15.5 Å². The molecule has 0 aromatic heterocycles. The van der Waals surface area contributed by atoms with Crippen LogP contribution in [0.25, 0.3) is 0 Å². The smallest absolute Gasteiger partial charge is 0.246 e. The predicted octanol–water partition coefficient (Wildman–Crippen LogP) is 0.746. The molecule has 1 saturated carbocycles. The van der Waals surface area contributed by atoms with Gasteiger partial charge in [0.2, 0.25) is 5.91 Å². The van der Waals surface area contributed by atoms with Gasteiger partial charge in [-0.3, -0.25) is 4.79 Å². The summed E-state index contributed by atoms with van der Waals surface area (Å²) in [7, 11) is 0. The molecule has 1 atom stereocenters. The third kappa shape index (κ3) is 2.86. The standard InChI is InChI=1S/C13H16FNO3/c14-10-3-1-8(2-4-10)13(15-12(18)7-16)9-5-11(17)6-9/h1-4,9,11,13,16-17H,5-7H2,(H,15,18)/t9?,11?,13-/m0/s1. The first kappa shape index (κ1) is 13.0. The van der Waals surface area contributed by atoms with Crippen molar-refractivity contribution >= 4 is 5.91 Å². The first-order valence-electron chi connectivity index (χ1n) is 5.94. The molecule has 1 aromatic carbocycles. The average molecular weight is 253 g/mol. The summed E-state index contributed by atoms with van der Waals surface area (Å²) in [5, 5.41) is 20.8. The molecule has 5 heteroatoms. The molecular formula is C13H16FNO3. The topological polar surface area (TPSA) is 69.6 Å². The zero-order valence-corrected chi connectivity index (χ0v) is 9.84. The van der Waals surface area contributed by atoms with Crippen molar-refractivity contribution in [1.82, 2.24) is 5.32 Å². The summed E-state index contributed by atoms with van der Waals surface area (Å²) in [5.74, 6) is -0.675. The number of carbonyl (C=O) groups excluding carboxylic acids is 1. The molecule has 0 saturated heterocycles. The molecule has 0 unspecified atom stereocenters. The number of rotatable bonds is 4. The highest BCUT2D eigenvalue weighted by Crippen LogP contribution is 2.38. The van der Waals surface area contributed by atoms with Crippen LogP contribution in [0.1, 0.15) is 24.4 Å². The van der Waals surface area contributed by atoms with Crippen LogP contribution in [-0.2, 0) is 4.79 Å². The number of hydrogen-bond donors (Lipinski definition) is 3. The monoisotopic (exact) mass is 253 g/mol. The van der Waals surface area contributed by atoms with E-state index in [0.717, 1.165) is 5.56 Å². The van der Waals surface area contributed by atoms with E-state index in [9.17, 15) is 14.3 Å². The van der Waals surface area contributed by atoms with Crippen LogP contribution in [0.2, 0.25) is 0 Å². The molecule has 98 valence electrons. The second kappa shape index (κ2) is 5.46. The molecule has 0 spiro atoms. The minimum atomic E-state index is -0.576. The number of halogens is 1. The maximum Gasteiger partial charge on any atom is 0.246 e. The molecular weight excluding hydrogens is 237 g/mol. The van der Waals surface area contributed by atoms with Gasteiger partial charge in [-0.25, -0.2) is 4.39 Å². The Morgan fingerprint density at radius 2 is 2.00 bits per heavy atom. The van der Waals surface area contributed by atoms with Gasteiger partial charge in [0.25, 0.3) is 0 Å². The van der Waals surface area contributed by atoms with Gasteiger partial charge in [-0.2, -0.15) is 0 Å². The van der Waals surface area contributed by atoms with Gasteiger partial charge in [0.1, 0.15) is 12.4 Å². The Bertz CT molecular complexity index is 415. The molecule has 1 aliphatic rings. The Morgan fingerprint density at radius 3 is 2.50 bits per heavy atom. The van der Waals surface area contributed by atoms with E-state index in [0.29, 0.717) is 12.8 Å². The average Bonchev–Trinajstić information content (AvgIpc) is 2.33. The molecule has 1 fully saturated rings. The van der Waals surface area contributed by atoms with E-state index in [2.05, 4.69) is 5.32 Å². The number of aliphatic hydroxyl groups is 2. The highest BCUT2D eigenvalue weighted by molar-refractivity contribution is 5.77. The fourth-order valence-corrected chi connectivity index (χ4v) is 2.26. The summed E-state index contributed by atoms with van der Waals surface area (Å²) in [6.07, 6.45) is 0.880. The molecule has 0 radical (unpaired) electrons. The van der Waals surface area contributed by atoms with Crippen LogP contribution in [-0.4, -0.2) is 28.8 Å². The van der Waals surface area contributed by atoms with Gasteiger partial charge in [0.15, 0.2) is 0 Å². The summed E-state index contributed by atoms with van der Waals surface area (Å²) < 4.78 is 12.9. The van der Waals surface area contributed by atoms with Crippen molar-refractivity contribution in [1.29, 1.82) is 0 Å². The minimum absolute atomic E-state index is 0.126. The first-order chi connectivity index (χ1) is 8.60. The molecule has 1 amide bonds. The van der Waals surface area contributed by atoms with Gasteiger partial charge >= 0.3 is 0 Å². The van der Waals surface area contributed by atoms with Gasteiger partial charge in [-0.1, -0.05) is 12.1 Å². The Labute approximate surface area is 104 Å². The molecule has 18 heavy (non-hydrogen) atoms. The molecule has 0 heterocycles. The van der Waals surface area contributed by atoms with Crippen molar-refractivity contribution in [2.75, 3.05) is 6.61 Å². The highest BCUT2D eigenvalue weighted by atomic mass is 19.1. The quantitative estimate of drug-likeness (QED) is 0.741. The van der Waals surface area contributed by atoms with Crippen molar-refractivity contribution in [2.45, 2.75) is 25.0 Å². The maximum atomic E-state index is 12.9. The van der Waals surface area contributed by atoms with E-state index in [4.69, 9.17) is 5.11 Å². The lowest BCUT2D eigenvalue weighted by Gasteiger charge is -2.38. The summed E-state index contributed by atoms with van der Waals surface area (Å²) >= 11 is 0. The number of benzene rings is 1. The summed E-state index contributed by atoms with van der Waals surface area (Å²) in [6, 6.07) is 5.61. The molecule has 2 rings (SSSR count). The van der Waals surface area contributed by atoms with Crippen molar-refractivity contribution in [3.63, 3.8) is 0 Å². The van der Waals surface area contributed by atoms with Gasteiger partial charge in [0, 0.05) is 0 Å². The second-order valence-electron chi connectivity index (χ2n) is 4.64. The number of carbonyl (C=O) groups is 1. The van der Waals surface area contributed by atoms with Gasteiger partial charge in [-0.15, -0.1) is 0 Å². The molecule has 0 aliphatic heterocycles. The SMILES string of the molecule is O=C(CO)N[C@@H](c1ccc(F)cc1)C1CC(O)C1. The van der Waals surface area contributed by atoms with Crippen LogP contribution in [0.4, 0.5) is 4.39 Å². The summed E-state index contributed by atoms with van der Waals surface area (Å²) in [5.41, 5.74) is 0.787. The lowest BCUT2D eigenvalue weighted by Crippen LogP contribution is -2.42. The van der Waals surface area contributed by atoms with Crippen LogP contribution >= 0.6 is 0 Å². The van der Waals surface area contributed by atoms with Crippen LogP contribution in [0, 0.1) is 11.7 Å². The Morgan fingerprint density at radius 1 is 1.39 bits per heavy atom. The van der Waals surface area contributed by atoms with E-state index in [1.807, 2.05) is 0 Å². The van der Waals surface area contributed by atoms with Crippen LogP contribution < -0.4 is 5.32 Å². The molecule has 4 nitrogen and oxygen atoms in total. The van der Waals surface area contributed by atoms with E-state index in [-0.39, 0.29) is 23.9 Å². The van der Waals surface area contributed by atoms with Gasteiger partial charge in [0.05, 0.1) is 12.1 Å². The minimum Gasteiger partial charge on any atom is -0.393 e. The predicted molar refractivity (Wildman–Crippen MR) is 63.1 cm³/mol. The van der Waals surface area contributed by atoms with Crippen LogP contribution in [0.3, 0.4) is 0 Å².